The lowest BCUT2D eigenvalue weighted by molar-refractivity contribution is -0.139. The van der Waals surface area contributed by atoms with Gasteiger partial charge in [0.2, 0.25) is 0 Å². The van der Waals surface area contributed by atoms with E-state index in [1.54, 1.807) is 41.0 Å². The third-order valence-corrected chi connectivity index (χ3v) is 5.73. The fourth-order valence-electron chi connectivity index (χ4n) is 3.15. The van der Waals surface area contributed by atoms with Crippen LogP contribution in [0.15, 0.2) is 84.0 Å². The van der Waals surface area contributed by atoms with Crippen LogP contribution < -0.4 is 4.74 Å². The summed E-state index contributed by atoms with van der Waals surface area (Å²) in [6, 6.07) is 22.0. The molecule has 0 aliphatic carbocycles. The summed E-state index contributed by atoms with van der Waals surface area (Å²) in [6.45, 7) is -0.376. The molecule has 0 aliphatic rings. The molecule has 7 nitrogen and oxygen atoms in total. The first-order valence-electron chi connectivity index (χ1n) is 10.3. The predicted molar refractivity (Wildman–Crippen MR) is 126 cm³/mol. The molecule has 0 saturated carbocycles. The lowest BCUT2D eigenvalue weighted by atomic mass is 10.1. The SMILES string of the molecule is COc1cccc(C(=O)COC(=O)CSc2nnc(-c3ccc(F)cc3)n2-c2ccccc2)c1. The Kier molecular flexibility index (Phi) is 7.34. The molecule has 3 aromatic carbocycles. The summed E-state index contributed by atoms with van der Waals surface area (Å²) < 4.78 is 25.4. The number of carbonyl (C=O) groups excluding carboxylic acids is 2. The average molecular weight is 478 g/mol. The van der Waals surface area contributed by atoms with Crippen molar-refractivity contribution in [1.82, 2.24) is 14.8 Å². The Morgan fingerprint density at radius 1 is 0.971 bits per heavy atom. The van der Waals surface area contributed by atoms with Gasteiger partial charge < -0.3 is 9.47 Å². The Bertz CT molecular complexity index is 1290. The number of esters is 1. The van der Waals surface area contributed by atoms with Crippen LogP contribution in [0, 0.1) is 5.82 Å². The van der Waals surface area contributed by atoms with E-state index in [4.69, 9.17) is 9.47 Å². The van der Waals surface area contributed by atoms with Gasteiger partial charge in [-0.05, 0) is 48.5 Å². The number of nitrogens with zero attached hydrogens (tertiary/aromatic N) is 3. The topological polar surface area (TPSA) is 83.3 Å². The van der Waals surface area contributed by atoms with E-state index in [9.17, 15) is 14.0 Å². The molecular weight excluding hydrogens is 457 g/mol. The Morgan fingerprint density at radius 2 is 1.74 bits per heavy atom. The number of hydrogen-bond donors (Lipinski definition) is 0. The molecule has 0 N–H and O–H groups in total. The van der Waals surface area contributed by atoms with Crippen LogP contribution in [0.2, 0.25) is 0 Å². The van der Waals surface area contributed by atoms with Crippen molar-refractivity contribution in [2.75, 3.05) is 19.5 Å². The molecule has 0 aliphatic heterocycles. The first-order valence-corrected chi connectivity index (χ1v) is 11.3. The number of ether oxygens (including phenoxy) is 2. The van der Waals surface area contributed by atoms with Crippen LogP contribution in [0.1, 0.15) is 10.4 Å². The summed E-state index contributed by atoms with van der Waals surface area (Å²) >= 11 is 1.13. The van der Waals surface area contributed by atoms with Gasteiger partial charge in [0.15, 0.2) is 23.4 Å². The first-order chi connectivity index (χ1) is 16.5. The smallest absolute Gasteiger partial charge is 0.316 e. The number of rotatable bonds is 9. The highest BCUT2D eigenvalue weighted by Crippen LogP contribution is 2.28. The van der Waals surface area contributed by atoms with E-state index in [-0.39, 0.29) is 24.0 Å². The number of hydrogen-bond acceptors (Lipinski definition) is 7. The number of methoxy groups -OCH3 is 1. The molecule has 0 amide bonds. The van der Waals surface area contributed by atoms with Crippen LogP contribution in [-0.4, -0.2) is 46.0 Å². The largest absolute Gasteiger partial charge is 0.497 e. The maximum absolute atomic E-state index is 13.4. The quantitative estimate of drug-likeness (QED) is 0.198. The zero-order valence-electron chi connectivity index (χ0n) is 18.2. The van der Waals surface area contributed by atoms with Gasteiger partial charge in [-0.2, -0.15) is 0 Å². The molecule has 0 fully saturated rings. The van der Waals surface area contributed by atoms with Gasteiger partial charge in [-0.3, -0.25) is 14.2 Å². The van der Waals surface area contributed by atoms with Crippen LogP contribution >= 0.6 is 11.8 Å². The van der Waals surface area contributed by atoms with Gasteiger partial charge in [0.25, 0.3) is 0 Å². The Hall–Kier alpha value is -3.98. The highest BCUT2D eigenvalue weighted by atomic mass is 32.2. The Morgan fingerprint density at radius 3 is 2.47 bits per heavy atom. The minimum absolute atomic E-state index is 0.0697. The summed E-state index contributed by atoms with van der Waals surface area (Å²) in [5, 5.41) is 8.93. The third kappa shape index (κ3) is 5.49. The van der Waals surface area contributed by atoms with Crippen LogP contribution in [0.3, 0.4) is 0 Å². The van der Waals surface area contributed by atoms with Crippen molar-refractivity contribution in [1.29, 1.82) is 0 Å². The van der Waals surface area contributed by atoms with Gasteiger partial charge in [0.05, 0.1) is 12.9 Å². The fraction of sp³-hybridized carbons (Fsp3) is 0.120. The van der Waals surface area contributed by atoms with Crippen molar-refractivity contribution in [3.63, 3.8) is 0 Å². The molecule has 0 unspecified atom stereocenters. The number of halogens is 1. The van der Waals surface area contributed by atoms with Gasteiger partial charge in [-0.15, -0.1) is 10.2 Å². The van der Waals surface area contributed by atoms with Crippen LogP contribution in [0.25, 0.3) is 17.1 Å². The monoisotopic (exact) mass is 477 g/mol. The maximum Gasteiger partial charge on any atom is 0.316 e. The van der Waals surface area contributed by atoms with Crippen LogP contribution in [0.5, 0.6) is 5.75 Å². The van der Waals surface area contributed by atoms with Gasteiger partial charge in [-0.25, -0.2) is 4.39 Å². The van der Waals surface area contributed by atoms with Crippen molar-refractivity contribution in [3.8, 4) is 22.8 Å². The summed E-state index contributed by atoms with van der Waals surface area (Å²) in [6.07, 6.45) is 0. The highest BCUT2D eigenvalue weighted by Gasteiger charge is 2.18. The minimum atomic E-state index is -0.563. The zero-order chi connectivity index (χ0) is 23.9. The molecule has 1 aromatic heterocycles. The number of thioether (sulfide) groups is 1. The molecule has 4 rings (SSSR count). The maximum atomic E-state index is 13.4. The van der Waals surface area contributed by atoms with Crippen LogP contribution in [0.4, 0.5) is 4.39 Å². The highest BCUT2D eigenvalue weighted by molar-refractivity contribution is 7.99. The number of para-hydroxylation sites is 1. The average Bonchev–Trinajstić information content (AvgIpc) is 3.31. The van der Waals surface area contributed by atoms with Gasteiger partial charge in [-0.1, -0.05) is 42.1 Å². The predicted octanol–water partition coefficient (Wildman–Crippen LogP) is 4.60. The van der Waals surface area contributed by atoms with Gasteiger partial charge >= 0.3 is 5.97 Å². The lowest BCUT2D eigenvalue weighted by Crippen LogP contribution is -2.16. The van der Waals surface area contributed by atoms with E-state index in [1.165, 1.54) is 19.2 Å². The summed E-state index contributed by atoms with van der Waals surface area (Å²) in [5.41, 5.74) is 1.86. The van der Waals surface area contributed by atoms with Gasteiger partial charge in [0, 0.05) is 16.8 Å². The molecule has 0 radical (unpaired) electrons. The van der Waals surface area contributed by atoms with E-state index in [1.807, 2.05) is 30.3 Å². The van der Waals surface area contributed by atoms with E-state index < -0.39 is 5.97 Å². The Labute approximate surface area is 199 Å². The number of benzene rings is 3. The van der Waals surface area contributed by atoms with Crippen molar-refractivity contribution < 1.29 is 23.5 Å². The van der Waals surface area contributed by atoms with Crippen molar-refractivity contribution in [2.24, 2.45) is 0 Å². The molecule has 0 saturated heterocycles. The number of ketones is 1. The standard InChI is InChI=1S/C25H20FN3O4S/c1-32-21-9-5-6-18(14-21)22(30)15-33-23(31)16-34-25-28-27-24(17-10-12-19(26)13-11-17)29(25)20-7-3-2-4-8-20/h2-14H,15-16H2,1H3. The van der Waals surface area contributed by atoms with Crippen molar-refractivity contribution >= 4 is 23.5 Å². The van der Waals surface area contributed by atoms with Crippen molar-refractivity contribution in [3.05, 3.63) is 90.2 Å². The molecule has 1 heterocycles. The summed E-state index contributed by atoms with van der Waals surface area (Å²) in [5.74, 6) is -0.258. The second-order valence-electron chi connectivity index (χ2n) is 7.09. The second-order valence-corrected chi connectivity index (χ2v) is 8.03. The van der Waals surface area contributed by atoms with E-state index in [0.29, 0.717) is 27.9 Å². The molecule has 0 atom stereocenters. The fourth-order valence-corrected chi connectivity index (χ4v) is 3.90. The molecular formula is C25H20FN3O4S. The molecule has 0 spiro atoms. The van der Waals surface area contributed by atoms with E-state index in [0.717, 1.165) is 17.4 Å². The third-order valence-electron chi connectivity index (χ3n) is 4.83. The lowest BCUT2D eigenvalue weighted by Gasteiger charge is -2.10. The normalized spacial score (nSPS) is 10.6. The minimum Gasteiger partial charge on any atom is -0.497 e. The number of Topliss-reactive ketones (excluding diaryl/α,β-unsaturated/α-hetero) is 1. The molecule has 9 heteroatoms. The number of carbonyl (C=O) groups is 2. The summed E-state index contributed by atoms with van der Waals surface area (Å²) in [7, 11) is 1.51. The molecule has 0 bridgehead atoms. The first kappa shape index (κ1) is 23.2. The van der Waals surface area contributed by atoms with E-state index >= 15 is 0 Å². The molecule has 34 heavy (non-hydrogen) atoms. The van der Waals surface area contributed by atoms with E-state index in [2.05, 4.69) is 10.2 Å². The zero-order valence-corrected chi connectivity index (χ0v) is 19.0. The second kappa shape index (κ2) is 10.8. The number of aromatic nitrogens is 3. The van der Waals surface area contributed by atoms with Crippen LogP contribution in [-0.2, 0) is 9.53 Å². The van der Waals surface area contributed by atoms with Crippen molar-refractivity contribution in [2.45, 2.75) is 5.16 Å². The summed E-state index contributed by atoms with van der Waals surface area (Å²) in [4.78, 5) is 24.6. The Balaban J connectivity index is 1.45. The van der Waals surface area contributed by atoms with Gasteiger partial charge in [0.1, 0.15) is 11.6 Å². The molecule has 4 aromatic rings. The molecule has 172 valence electrons.